The highest BCUT2D eigenvalue weighted by Gasteiger charge is 2.06. The van der Waals surface area contributed by atoms with Crippen LogP contribution in [0.25, 0.3) is 11.5 Å². The van der Waals surface area contributed by atoms with Crippen molar-refractivity contribution in [3.8, 4) is 11.5 Å². The predicted octanol–water partition coefficient (Wildman–Crippen LogP) is 2.50. The van der Waals surface area contributed by atoms with Crippen molar-refractivity contribution in [1.82, 2.24) is 20.5 Å². The molecule has 7 heteroatoms. The summed E-state index contributed by atoms with van der Waals surface area (Å²) in [6.45, 7) is 0.506. The molecule has 0 saturated heterocycles. The zero-order valence-electron chi connectivity index (χ0n) is 12.3. The number of anilines is 1. The maximum Gasteiger partial charge on any atom is 0.319 e. The molecule has 0 fully saturated rings. The second-order valence-electron chi connectivity index (χ2n) is 4.78. The highest BCUT2D eigenvalue weighted by Crippen LogP contribution is 2.20. The summed E-state index contributed by atoms with van der Waals surface area (Å²) in [7, 11) is 0. The molecule has 7 nitrogen and oxygen atoms in total. The number of rotatable bonds is 5. The number of aromatic nitrogens is 3. The third kappa shape index (κ3) is 4.13. The molecule has 1 aromatic carbocycles. The molecule has 0 aliphatic rings. The molecule has 3 rings (SSSR count). The Bertz CT molecular complexity index is 759. The van der Waals surface area contributed by atoms with Crippen molar-refractivity contribution in [3.05, 3.63) is 60.7 Å². The Morgan fingerprint density at radius 2 is 2.13 bits per heavy atom. The number of amides is 2. The Balaban J connectivity index is 1.53. The fourth-order valence-corrected chi connectivity index (χ4v) is 2.05. The van der Waals surface area contributed by atoms with Gasteiger partial charge in [0.25, 0.3) is 0 Å². The van der Waals surface area contributed by atoms with Crippen molar-refractivity contribution in [1.29, 1.82) is 0 Å². The maximum absolute atomic E-state index is 11.9. The number of carbonyl (C=O) groups is 1. The molecule has 0 radical (unpaired) electrons. The fraction of sp³-hybridized carbons (Fsp3) is 0.125. The number of carbonyl (C=O) groups excluding carboxylic acids is 1. The quantitative estimate of drug-likeness (QED) is 0.755. The maximum atomic E-state index is 11.9. The fourth-order valence-electron chi connectivity index (χ4n) is 2.05. The van der Waals surface area contributed by atoms with Crippen molar-refractivity contribution in [2.24, 2.45) is 0 Å². The van der Waals surface area contributed by atoms with Gasteiger partial charge in [-0.2, -0.15) is 0 Å². The highest BCUT2D eigenvalue weighted by atomic mass is 16.4. The van der Waals surface area contributed by atoms with E-state index in [2.05, 4.69) is 25.8 Å². The summed E-state index contributed by atoms with van der Waals surface area (Å²) in [4.78, 5) is 16.1. The molecule has 0 spiro atoms. The van der Waals surface area contributed by atoms with Crippen LogP contribution in [-0.4, -0.2) is 27.8 Å². The molecule has 2 aromatic heterocycles. The third-order valence-corrected chi connectivity index (χ3v) is 3.12. The van der Waals surface area contributed by atoms with Gasteiger partial charge >= 0.3 is 6.03 Å². The lowest BCUT2D eigenvalue weighted by molar-refractivity contribution is 0.252. The monoisotopic (exact) mass is 309 g/mol. The molecule has 0 bridgehead atoms. The van der Waals surface area contributed by atoms with Gasteiger partial charge in [-0.15, -0.1) is 10.2 Å². The zero-order valence-corrected chi connectivity index (χ0v) is 12.3. The first-order chi connectivity index (χ1) is 11.3. The van der Waals surface area contributed by atoms with E-state index in [1.165, 1.54) is 6.39 Å². The van der Waals surface area contributed by atoms with Gasteiger partial charge in [-0.1, -0.05) is 12.1 Å². The molecule has 0 aliphatic heterocycles. The minimum atomic E-state index is -0.274. The Labute approximate surface area is 132 Å². The normalized spacial score (nSPS) is 10.3. The van der Waals surface area contributed by atoms with E-state index < -0.39 is 0 Å². The Kier molecular flexibility index (Phi) is 4.58. The molecule has 116 valence electrons. The average Bonchev–Trinajstić information content (AvgIpc) is 3.11. The van der Waals surface area contributed by atoms with Crippen molar-refractivity contribution in [3.63, 3.8) is 0 Å². The Morgan fingerprint density at radius 1 is 1.17 bits per heavy atom. The van der Waals surface area contributed by atoms with Crippen molar-refractivity contribution < 1.29 is 9.21 Å². The summed E-state index contributed by atoms with van der Waals surface area (Å²) in [6.07, 6.45) is 3.68. The van der Waals surface area contributed by atoms with Crippen LogP contribution in [0.2, 0.25) is 0 Å². The van der Waals surface area contributed by atoms with Crippen molar-refractivity contribution >= 4 is 11.7 Å². The first kappa shape index (κ1) is 14.7. The van der Waals surface area contributed by atoms with E-state index >= 15 is 0 Å². The summed E-state index contributed by atoms with van der Waals surface area (Å²) < 4.78 is 5.14. The lowest BCUT2D eigenvalue weighted by Gasteiger charge is -2.08. The summed E-state index contributed by atoms with van der Waals surface area (Å²) >= 11 is 0. The van der Waals surface area contributed by atoms with Crippen molar-refractivity contribution in [2.75, 3.05) is 11.9 Å². The number of hydrogen-bond acceptors (Lipinski definition) is 5. The van der Waals surface area contributed by atoms with Crippen LogP contribution in [0.3, 0.4) is 0 Å². The second kappa shape index (κ2) is 7.17. The number of urea groups is 1. The molecule has 23 heavy (non-hydrogen) atoms. The number of hydrogen-bond donors (Lipinski definition) is 2. The number of nitrogens with zero attached hydrogens (tertiary/aromatic N) is 3. The standard InChI is InChI=1S/C16H15N5O2/c22-16(18-9-7-13-5-1-2-8-17-13)20-14-6-3-4-12(10-14)15-21-19-11-23-15/h1-6,8,10-11H,7,9H2,(H2,18,20,22). The van der Waals surface area contributed by atoms with Crippen LogP contribution in [0, 0.1) is 0 Å². The number of benzene rings is 1. The minimum absolute atomic E-state index is 0.274. The molecule has 0 atom stereocenters. The topological polar surface area (TPSA) is 92.9 Å². The highest BCUT2D eigenvalue weighted by molar-refractivity contribution is 5.89. The van der Waals surface area contributed by atoms with Crippen molar-refractivity contribution in [2.45, 2.75) is 6.42 Å². The molecular weight excluding hydrogens is 294 g/mol. The first-order valence-corrected chi connectivity index (χ1v) is 7.12. The summed E-state index contributed by atoms with van der Waals surface area (Å²) in [6, 6.07) is 12.6. The van der Waals surface area contributed by atoms with Gasteiger partial charge in [-0.3, -0.25) is 4.98 Å². The third-order valence-electron chi connectivity index (χ3n) is 3.12. The van der Waals surface area contributed by atoms with E-state index in [0.717, 1.165) is 11.3 Å². The van der Waals surface area contributed by atoms with Crippen LogP contribution in [0.1, 0.15) is 5.69 Å². The largest absolute Gasteiger partial charge is 0.423 e. The van der Waals surface area contributed by atoms with Crippen LogP contribution < -0.4 is 10.6 Å². The molecule has 0 unspecified atom stereocenters. The van der Waals surface area contributed by atoms with Crippen LogP contribution in [0.15, 0.2) is 59.5 Å². The van der Waals surface area contributed by atoms with Crippen LogP contribution in [-0.2, 0) is 6.42 Å². The lowest BCUT2D eigenvalue weighted by atomic mass is 10.2. The zero-order chi connectivity index (χ0) is 15.9. The van der Waals surface area contributed by atoms with Gasteiger partial charge in [0.15, 0.2) is 0 Å². The van der Waals surface area contributed by atoms with Gasteiger partial charge in [0.05, 0.1) is 0 Å². The lowest BCUT2D eigenvalue weighted by Crippen LogP contribution is -2.30. The van der Waals surface area contributed by atoms with Gasteiger partial charge in [-0.25, -0.2) is 4.79 Å². The summed E-state index contributed by atoms with van der Waals surface area (Å²) in [5.41, 5.74) is 2.33. The number of pyridine rings is 1. The molecular formula is C16H15N5O2. The molecule has 2 N–H and O–H groups in total. The van der Waals surface area contributed by atoms with Gasteiger partial charge < -0.3 is 15.1 Å². The minimum Gasteiger partial charge on any atom is -0.423 e. The van der Waals surface area contributed by atoms with Gasteiger partial charge in [0, 0.05) is 36.1 Å². The summed E-state index contributed by atoms with van der Waals surface area (Å²) in [5, 5.41) is 13.0. The Morgan fingerprint density at radius 3 is 2.91 bits per heavy atom. The van der Waals surface area contributed by atoms with E-state index in [0.29, 0.717) is 24.5 Å². The van der Waals surface area contributed by atoms with E-state index in [9.17, 15) is 4.79 Å². The second-order valence-corrected chi connectivity index (χ2v) is 4.78. The summed E-state index contributed by atoms with van der Waals surface area (Å²) in [5.74, 6) is 0.407. The van der Waals surface area contributed by atoms with Crippen LogP contribution >= 0.6 is 0 Å². The molecule has 2 amide bonds. The van der Waals surface area contributed by atoms with Gasteiger partial charge in [-0.05, 0) is 30.3 Å². The van der Waals surface area contributed by atoms with E-state index in [1.807, 2.05) is 30.3 Å². The first-order valence-electron chi connectivity index (χ1n) is 7.12. The van der Waals surface area contributed by atoms with Gasteiger partial charge in [0.1, 0.15) is 0 Å². The van der Waals surface area contributed by atoms with Crippen LogP contribution in [0.4, 0.5) is 10.5 Å². The van der Waals surface area contributed by atoms with E-state index in [1.54, 1.807) is 18.3 Å². The SMILES string of the molecule is O=C(NCCc1ccccn1)Nc1cccc(-c2nnco2)c1. The molecule has 2 heterocycles. The van der Waals surface area contributed by atoms with Crippen LogP contribution in [0.5, 0.6) is 0 Å². The van der Waals surface area contributed by atoms with E-state index in [4.69, 9.17) is 4.42 Å². The molecule has 0 aliphatic carbocycles. The Hall–Kier alpha value is -3.22. The number of nitrogens with one attached hydrogen (secondary N) is 2. The molecule has 3 aromatic rings. The van der Waals surface area contributed by atoms with Gasteiger partial charge in [0.2, 0.25) is 12.3 Å². The average molecular weight is 309 g/mol. The molecule has 0 saturated carbocycles. The predicted molar refractivity (Wildman–Crippen MR) is 84.7 cm³/mol. The smallest absolute Gasteiger partial charge is 0.319 e. The van der Waals surface area contributed by atoms with E-state index in [-0.39, 0.29) is 6.03 Å².